The van der Waals surface area contributed by atoms with Crippen molar-refractivity contribution in [2.24, 2.45) is 0 Å². The third-order valence-corrected chi connectivity index (χ3v) is 8.90. The number of nitrogens with one attached hydrogen (secondary N) is 2. The van der Waals surface area contributed by atoms with E-state index in [0.717, 1.165) is 23.3 Å². The summed E-state index contributed by atoms with van der Waals surface area (Å²) in [5.74, 6) is 0.781. The smallest absolute Gasteiger partial charge is 0.287 e. The van der Waals surface area contributed by atoms with Crippen molar-refractivity contribution in [3.05, 3.63) is 71.4 Å². The largest absolute Gasteiger partial charge is 0.493 e. The van der Waals surface area contributed by atoms with Gasteiger partial charge in [-0.2, -0.15) is 0 Å². The zero-order valence-electron chi connectivity index (χ0n) is 23.1. The number of carbonyl (C=O) groups is 1. The molecular weight excluding hydrogens is 625 g/mol. The fraction of sp³-hybridized carbons (Fsp3) is 0.448. The van der Waals surface area contributed by atoms with Crippen LogP contribution in [0.1, 0.15) is 78.4 Å². The van der Waals surface area contributed by atoms with Gasteiger partial charge in [-0.25, -0.2) is 4.68 Å². The minimum Gasteiger partial charge on any atom is -0.493 e. The van der Waals surface area contributed by atoms with Crippen LogP contribution in [0.4, 0.5) is 5.82 Å². The Balaban J connectivity index is 1.68. The zero-order chi connectivity index (χ0) is 29.1. The van der Waals surface area contributed by atoms with E-state index in [2.05, 4.69) is 86.1 Å². The fourth-order valence-electron chi connectivity index (χ4n) is 4.02. The van der Waals surface area contributed by atoms with Crippen molar-refractivity contribution in [2.75, 3.05) is 11.9 Å². The molecule has 6 nitrogen and oxygen atoms in total. The number of benzene rings is 2. The van der Waals surface area contributed by atoms with Crippen molar-refractivity contribution < 1.29 is 9.53 Å². The summed E-state index contributed by atoms with van der Waals surface area (Å²) in [6.07, 6.45) is 2.72. The van der Waals surface area contributed by atoms with E-state index < -0.39 is 5.56 Å². The molecule has 0 atom stereocenters. The predicted molar refractivity (Wildman–Crippen MR) is 166 cm³/mol. The number of hydrogen-bond donors (Lipinski definition) is 2. The molecule has 2 N–H and O–H groups in total. The molecule has 212 valence electrons. The Morgan fingerprint density at radius 2 is 1.64 bits per heavy atom. The van der Waals surface area contributed by atoms with E-state index >= 15 is 0 Å². The van der Waals surface area contributed by atoms with Gasteiger partial charge in [-0.05, 0) is 69.8 Å². The van der Waals surface area contributed by atoms with Gasteiger partial charge in [0.25, 0.3) is 5.56 Å². The van der Waals surface area contributed by atoms with Gasteiger partial charge >= 0.3 is 0 Å². The molecule has 0 saturated carbocycles. The first kappa shape index (κ1) is 31.6. The average Bonchev–Trinajstić information content (AvgIpc) is 3.14. The third-order valence-electron chi connectivity index (χ3n) is 7.37. The highest BCUT2D eigenvalue weighted by Crippen LogP contribution is 2.38. The number of nitrogens with zero attached hydrogens (tertiary/aromatic N) is 1. The van der Waals surface area contributed by atoms with Crippen molar-refractivity contribution in [3.8, 4) is 11.4 Å². The first-order valence-corrected chi connectivity index (χ1v) is 14.9. The summed E-state index contributed by atoms with van der Waals surface area (Å²) in [6, 6.07) is 9.42. The van der Waals surface area contributed by atoms with Crippen LogP contribution < -0.4 is 15.6 Å². The van der Waals surface area contributed by atoms with E-state index in [-0.39, 0.29) is 49.2 Å². The van der Waals surface area contributed by atoms with Gasteiger partial charge in [0, 0.05) is 17.0 Å². The molecule has 0 aliphatic heterocycles. The molecular formula is C29H35BrCl3N3O3. The van der Waals surface area contributed by atoms with Gasteiger partial charge in [-0.3, -0.25) is 14.7 Å². The lowest BCUT2D eigenvalue weighted by Gasteiger charge is -2.30. The molecule has 0 bridgehead atoms. The van der Waals surface area contributed by atoms with E-state index in [1.54, 1.807) is 0 Å². The molecule has 2 aromatic carbocycles. The second-order valence-corrected chi connectivity index (χ2v) is 12.9. The highest BCUT2D eigenvalue weighted by molar-refractivity contribution is 9.10. The van der Waals surface area contributed by atoms with E-state index in [0.29, 0.717) is 18.1 Å². The van der Waals surface area contributed by atoms with Gasteiger partial charge in [0.2, 0.25) is 5.91 Å². The molecule has 0 saturated heterocycles. The van der Waals surface area contributed by atoms with Crippen LogP contribution in [0.15, 0.2) is 39.6 Å². The van der Waals surface area contributed by atoms with Crippen LogP contribution >= 0.6 is 50.7 Å². The van der Waals surface area contributed by atoms with Gasteiger partial charge in [0.05, 0.1) is 16.7 Å². The van der Waals surface area contributed by atoms with E-state index in [9.17, 15) is 9.59 Å². The van der Waals surface area contributed by atoms with Crippen LogP contribution in [0.2, 0.25) is 15.1 Å². The van der Waals surface area contributed by atoms with Crippen LogP contribution in [0, 0.1) is 0 Å². The van der Waals surface area contributed by atoms with Crippen LogP contribution in [0.5, 0.6) is 5.75 Å². The molecule has 39 heavy (non-hydrogen) atoms. The number of H-pyrrole nitrogens is 1. The number of aromatic amines is 1. The van der Waals surface area contributed by atoms with Crippen LogP contribution in [0.3, 0.4) is 0 Å². The number of halogens is 4. The Labute approximate surface area is 253 Å². The summed E-state index contributed by atoms with van der Waals surface area (Å²) >= 11 is 21.8. The van der Waals surface area contributed by atoms with Gasteiger partial charge in [-0.1, -0.05) is 88.5 Å². The summed E-state index contributed by atoms with van der Waals surface area (Å²) in [5.41, 5.74) is 2.28. The molecule has 1 aromatic heterocycles. The summed E-state index contributed by atoms with van der Waals surface area (Å²) < 4.78 is 7.48. The number of rotatable bonds is 11. The molecule has 0 fully saturated rings. The zero-order valence-corrected chi connectivity index (χ0v) is 27.0. The highest BCUT2D eigenvalue weighted by Gasteiger charge is 2.27. The van der Waals surface area contributed by atoms with Crippen LogP contribution in [-0.4, -0.2) is 22.3 Å². The molecule has 0 spiro atoms. The predicted octanol–water partition coefficient (Wildman–Crippen LogP) is 9.06. The Kier molecular flexibility index (Phi) is 10.3. The highest BCUT2D eigenvalue weighted by atomic mass is 79.9. The Morgan fingerprint density at radius 1 is 1.03 bits per heavy atom. The Morgan fingerprint density at radius 3 is 2.23 bits per heavy atom. The minimum absolute atomic E-state index is 0.0479. The van der Waals surface area contributed by atoms with Crippen molar-refractivity contribution in [1.29, 1.82) is 0 Å². The number of ether oxygens (including phenoxy) is 1. The average molecular weight is 660 g/mol. The van der Waals surface area contributed by atoms with Crippen LogP contribution in [-0.2, 0) is 15.6 Å². The second-order valence-electron chi connectivity index (χ2n) is 10.8. The number of carbonyl (C=O) groups excluding carboxylic acids is 1. The maximum Gasteiger partial charge on any atom is 0.287 e. The number of amides is 1. The van der Waals surface area contributed by atoms with Crippen molar-refractivity contribution in [3.63, 3.8) is 0 Å². The molecule has 1 heterocycles. The first-order chi connectivity index (χ1) is 18.2. The van der Waals surface area contributed by atoms with E-state index in [4.69, 9.17) is 39.5 Å². The molecule has 0 aliphatic carbocycles. The summed E-state index contributed by atoms with van der Waals surface area (Å²) in [5, 5.41) is 6.31. The molecule has 1 amide bonds. The van der Waals surface area contributed by atoms with E-state index in [1.807, 2.05) is 0 Å². The van der Waals surface area contributed by atoms with Crippen LogP contribution in [0.25, 0.3) is 5.69 Å². The van der Waals surface area contributed by atoms with Crippen molar-refractivity contribution >= 4 is 62.5 Å². The van der Waals surface area contributed by atoms with E-state index in [1.165, 1.54) is 23.3 Å². The number of anilines is 1. The number of aromatic nitrogens is 2. The first-order valence-electron chi connectivity index (χ1n) is 12.9. The second kappa shape index (κ2) is 12.7. The Hall–Kier alpha value is -1.93. The quantitative estimate of drug-likeness (QED) is 0.202. The monoisotopic (exact) mass is 657 g/mol. The molecule has 3 rings (SSSR count). The minimum atomic E-state index is -0.458. The lowest BCUT2D eigenvalue weighted by atomic mass is 9.76. The molecule has 3 aromatic rings. The van der Waals surface area contributed by atoms with Gasteiger partial charge in [0.15, 0.2) is 0 Å². The van der Waals surface area contributed by atoms with Crippen molar-refractivity contribution in [2.45, 2.75) is 78.1 Å². The topological polar surface area (TPSA) is 76.1 Å². The lowest BCUT2D eigenvalue weighted by molar-refractivity contribution is -0.116. The molecule has 10 heteroatoms. The maximum absolute atomic E-state index is 12.8. The summed E-state index contributed by atoms with van der Waals surface area (Å²) in [7, 11) is 0. The number of hydrogen-bond acceptors (Lipinski definition) is 3. The standard InChI is InChI=1S/C29H35BrCl3N3O3/c1-7-28(3,4)17-11-12-22(19(14-17)29(5,6)8-2)39-13-9-10-23(37)34-26-24(30)27(38)36(35-26)25-20(32)15-18(31)16-21(25)33/h11-12,14-16,35H,7-10,13H2,1-6H3,(H,34,37). The van der Waals surface area contributed by atoms with Crippen molar-refractivity contribution in [1.82, 2.24) is 9.78 Å². The van der Waals surface area contributed by atoms with Gasteiger partial charge in [-0.15, -0.1) is 0 Å². The SMILES string of the molecule is CCC(C)(C)c1ccc(OCCCC(=O)Nc2[nH]n(-c3c(Cl)cc(Cl)cc3Cl)c(=O)c2Br)c(C(C)(C)CC)c1. The Bertz CT molecular complexity index is 1390. The summed E-state index contributed by atoms with van der Waals surface area (Å²) in [6.45, 7) is 13.7. The maximum atomic E-state index is 12.8. The normalized spacial score (nSPS) is 12.1. The molecule has 0 radical (unpaired) electrons. The lowest BCUT2D eigenvalue weighted by Crippen LogP contribution is -2.21. The fourth-order valence-corrected chi connectivity index (χ4v) is 5.37. The van der Waals surface area contributed by atoms with Gasteiger partial charge in [0.1, 0.15) is 21.7 Å². The summed E-state index contributed by atoms with van der Waals surface area (Å²) in [4.78, 5) is 25.5. The molecule has 0 unspecified atom stereocenters. The third kappa shape index (κ3) is 7.24. The van der Waals surface area contributed by atoms with Gasteiger partial charge < -0.3 is 10.1 Å². The molecule has 0 aliphatic rings.